The first kappa shape index (κ1) is 16.9. The SMILES string of the molecule is CCOCCN(C)Cc1ccc(C#CC2NC(=O)NC2=O)cn1. The van der Waals surface area contributed by atoms with Gasteiger partial charge in [-0.2, -0.15) is 0 Å². The molecular weight excluding hydrogens is 296 g/mol. The largest absolute Gasteiger partial charge is 0.380 e. The highest BCUT2D eigenvalue weighted by molar-refractivity contribution is 6.05. The average Bonchev–Trinajstić information content (AvgIpc) is 2.85. The van der Waals surface area contributed by atoms with Crippen molar-refractivity contribution in [2.24, 2.45) is 0 Å². The van der Waals surface area contributed by atoms with Crippen molar-refractivity contribution in [3.05, 3.63) is 29.6 Å². The molecule has 1 saturated heterocycles. The van der Waals surface area contributed by atoms with E-state index in [0.29, 0.717) is 12.2 Å². The number of rotatable bonds is 6. The molecule has 0 spiro atoms. The summed E-state index contributed by atoms with van der Waals surface area (Å²) in [4.78, 5) is 28.8. The Hall–Kier alpha value is -2.43. The number of nitrogens with zero attached hydrogens (tertiary/aromatic N) is 2. The lowest BCUT2D eigenvalue weighted by molar-refractivity contribution is -0.119. The van der Waals surface area contributed by atoms with E-state index in [9.17, 15) is 9.59 Å². The van der Waals surface area contributed by atoms with E-state index in [0.717, 1.165) is 25.4 Å². The zero-order valence-corrected chi connectivity index (χ0v) is 13.3. The van der Waals surface area contributed by atoms with Crippen LogP contribution in [0, 0.1) is 11.8 Å². The maximum atomic E-state index is 11.4. The average molecular weight is 316 g/mol. The van der Waals surface area contributed by atoms with Crippen molar-refractivity contribution >= 4 is 11.9 Å². The number of aromatic nitrogens is 1. The highest BCUT2D eigenvalue weighted by Gasteiger charge is 2.27. The number of urea groups is 1. The lowest BCUT2D eigenvalue weighted by Gasteiger charge is -2.15. The van der Waals surface area contributed by atoms with Crippen molar-refractivity contribution in [1.82, 2.24) is 20.5 Å². The number of amides is 3. The van der Waals surface area contributed by atoms with Crippen molar-refractivity contribution in [2.45, 2.75) is 19.5 Å². The Kier molecular flexibility index (Phi) is 6.09. The van der Waals surface area contributed by atoms with Crippen LogP contribution in [0.1, 0.15) is 18.2 Å². The van der Waals surface area contributed by atoms with Crippen molar-refractivity contribution in [3.63, 3.8) is 0 Å². The summed E-state index contributed by atoms with van der Waals surface area (Å²) >= 11 is 0. The van der Waals surface area contributed by atoms with Crippen LogP contribution in [0.3, 0.4) is 0 Å². The predicted octanol–water partition coefficient (Wildman–Crippen LogP) is 0.109. The molecule has 1 aromatic heterocycles. The van der Waals surface area contributed by atoms with Gasteiger partial charge < -0.3 is 10.1 Å². The summed E-state index contributed by atoms with van der Waals surface area (Å²) < 4.78 is 5.32. The predicted molar refractivity (Wildman–Crippen MR) is 84.4 cm³/mol. The van der Waals surface area contributed by atoms with Crippen LogP contribution >= 0.6 is 0 Å². The molecule has 2 heterocycles. The van der Waals surface area contributed by atoms with Gasteiger partial charge in [0.1, 0.15) is 0 Å². The molecule has 2 N–H and O–H groups in total. The van der Waals surface area contributed by atoms with Crippen molar-refractivity contribution < 1.29 is 14.3 Å². The molecule has 2 rings (SSSR count). The zero-order chi connectivity index (χ0) is 16.7. The molecule has 1 aliphatic rings. The Morgan fingerprint density at radius 3 is 2.83 bits per heavy atom. The van der Waals surface area contributed by atoms with E-state index in [2.05, 4.69) is 32.4 Å². The molecule has 1 unspecified atom stereocenters. The Morgan fingerprint density at radius 2 is 2.22 bits per heavy atom. The monoisotopic (exact) mass is 316 g/mol. The molecule has 1 aliphatic heterocycles. The van der Waals surface area contributed by atoms with E-state index in [1.165, 1.54) is 0 Å². The van der Waals surface area contributed by atoms with Gasteiger partial charge in [0.05, 0.1) is 12.3 Å². The molecule has 7 nitrogen and oxygen atoms in total. The van der Waals surface area contributed by atoms with Crippen LogP contribution in [-0.4, -0.2) is 54.7 Å². The number of likely N-dealkylation sites (N-methyl/N-ethyl adjacent to an activating group) is 1. The van der Waals surface area contributed by atoms with Crippen LogP contribution < -0.4 is 10.6 Å². The summed E-state index contributed by atoms with van der Waals surface area (Å²) in [6, 6.07) is 2.43. The van der Waals surface area contributed by atoms with Crippen LogP contribution in [0.4, 0.5) is 4.79 Å². The number of carbonyl (C=O) groups is 2. The van der Waals surface area contributed by atoms with E-state index >= 15 is 0 Å². The standard InChI is InChI=1S/C16H20N4O3/c1-3-23-9-8-20(2)11-13-6-4-12(10-17-13)5-7-14-15(21)19-16(22)18-14/h4,6,10,14H,3,8-9,11H2,1-2H3,(H2,18,19,21,22). The third-order valence-electron chi connectivity index (χ3n) is 3.21. The lowest BCUT2D eigenvalue weighted by atomic mass is 10.2. The maximum Gasteiger partial charge on any atom is 0.322 e. The molecule has 0 radical (unpaired) electrons. The first-order valence-electron chi connectivity index (χ1n) is 7.42. The Balaban J connectivity index is 1.87. The third-order valence-corrected chi connectivity index (χ3v) is 3.21. The molecule has 23 heavy (non-hydrogen) atoms. The van der Waals surface area contributed by atoms with Crippen LogP contribution in [0.15, 0.2) is 18.3 Å². The van der Waals surface area contributed by atoms with E-state index in [1.807, 2.05) is 26.1 Å². The van der Waals surface area contributed by atoms with Crippen LogP contribution in [0.25, 0.3) is 0 Å². The fourth-order valence-electron chi connectivity index (χ4n) is 1.99. The molecule has 122 valence electrons. The smallest absolute Gasteiger partial charge is 0.322 e. The Bertz CT molecular complexity index is 618. The van der Waals surface area contributed by atoms with E-state index in [1.54, 1.807) is 6.20 Å². The van der Waals surface area contributed by atoms with E-state index in [-0.39, 0.29) is 0 Å². The number of carbonyl (C=O) groups excluding carboxylic acids is 2. The minimum atomic E-state index is -0.799. The minimum Gasteiger partial charge on any atom is -0.380 e. The summed E-state index contributed by atoms with van der Waals surface area (Å²) in [7, 11) is 2.01. The molecule has 0 bridgehead atoms. The maximum absolute atomic E-state index is 11.4. The third kappa shape index (κ3) is 5.36. The van der Waals surface area contributed by atoms with Gasteiger partial charge in [-0.05, 0) is 26.1 Å². The van der Waals surface area contributed by atoms with Crippen LogP contribution in [0.5, 0.6) is 0 Å². The van der Waals surface area contributed by atoms with Gasteiger partial charge in [0, 0.05) is 31.5 Å². The quantitative estimate of drug-likeness (QED) is 0.442. The van der Waals surface area contributed by atoms with Gasteiger partial charge in [-0.3, -0.25) is 20.0 Å². The number of nitrogens with one attached hydrogen (secondary N) is 2. The van der Waals surface area contributed by atoms with Crippen molar-refractivity contribution in [1.29, 1.82) is 0 Å². The molecule has 0 aromatic carbocycles. The van der Waals surface area contributed by atoms with Gasteiger partial charge in [-0.25, -0.2) is 4.79 Å². The molecular formula is C16H20N4O3. The van der Waals surface area contributed by atoms with Gasteiger partial charge in [0.15, 0.2) is 6.04 Å². The van der Waals surface area contributed by atoms with Crippen LogP contribution in [-0.2, 0) is 16.1 Å². The second-order valence-electron chi connectivity index (χ2n) is 5.14. The summed E-state index contributed by atoms with van der Waals surface area (Å²) in [5.74, 6) is 5.12. The second kappa shape index (κ2) is 8.27. The normalized spacial score (nSPS) is 16.7. The molecule has 7 heteroatoms. The van der Waals surface area contributed by atoms with E-state index < -0.39 is 18.0 Å². The lowest BCUT2D eigenvalue weighted by Crippen LogP contribution is -2.26. The number of imide groups is 1. The van der Waals surface area contributed by atoms with Gasteiger partial charge in [0.2, 0.25) is 0 Å². The van der Waals surface area contributed by atoms with Gasteiger partial charge in [-0.1, -0.05) is 11.8 Å². The van der Waals surface area contributed by atoms with Gasteiger partial charge in [0.25, 0.3) is 5.91 Å². The number of pyridine rings is 1. The topological polar surface area (TPSA) is 83.6 Å². The molecule has 1 aromatic rings. The Labute approximate surface area is 135 Å². The highest BCUT2D eigenvalue weighted by Crippen LogP contribution is 2.02. The molecule has 3 amide bonds. The van der Waals surface area contributed by atoms with E-state index in [4.69, 9.17) is 4.74 Å². The first-order valence-corrected chi connectivity index (χ1v) is 7.42. The second-order valence-corrected chi connectivity index (χ2v) is 5.14. The van der Waals surface area contributed by atoms with Gasteiger partial charge in [-0.15, -0.1) is 0 Å². The molecule has 1 atom stereocenters. The van der Waals surface area contributed by atoms with Crippen LogP contribution in [0.2, 0.25) is 0 Å². The Morgan fingerprint density at radius 1 is 1.39 bits per heavy atom. The number of ether oxygens (including phenoxy) is 1. The fourth-order valence-corrected chi connectivity index (χ4v) is 1.99. The summed E-state index contributed by atoms with van der Waals surface area (Å²) in [6.07, 6.45) is 1.66. The highest BCUT2D eigenvalue weighted by atomic mass is 16.5. The fraction of sp³-hybridized carbons (Fsp3) is 0.438. The first-order chi connectivity index (χ1) is 11.1. The van der Waals surface area contributed by atoms with Gasteiger partial charge >= 0.3 is 6.03 Å². The summed E-state index contributed by atoms with van der Waals surface area (Å²) in [5, 5.41) is 4.56. The molecule has 1 fully saturated rings. The van der Waals surface area contributed by atoms with Crippen molar-refractivity contribution in [2.75, 3.05) is 26.8 Å². The molecule has 0 saturated carbocycles. The zero-order valence-electron chi connectivity index (χ0n) is 13.3. The minimum absolute atomic E-state index is 0.428. The summed E-state index contributed by atoms with van der Waals surface area (Å²) in [6.45, 7) is 4.96. The van der Waals surface area contributed by atoms with Crippen molar-refractivity contribution in [3.8, 4) is 11.8 Å². The summed E-state index contributed by atoms with van der Waals surface area (Å²) in [5.41, 5.74) is 1.63. The number of hydrogen-bond acceptors (Lipinski definition) is 5. The molecule has 0 aliphatic carbocycles. The number of hydrogen-bond donors (Lipinski definition) is 2.